The molecule has 2 aliphatic rings. The molecule has 0 aromatic heterocycles. The number of hydrazone groups is 1. The Labute approximate surface area is 115 Å². The number of hydrogen-bond acceptors (Lipinski definition) is 6. The van der Waals surface area contributed by atoms with E-state index in [1.54, 1.807) is 0 Å². The lowest BCUT2D eigenvalue weighted by Gasteiger charge is -2.26. The van der Waals surface area contributed by atoms with Gasteiger partial charge in [0.25, 0.3) is 0 Å². The summed E-state index contributed by atoms with van der Waals surface area (Å²) in [5.41, 5.74) is 3.72. The second-order valence-electron chi connectivity index (χ2n) is 4.35. The van der Waals surface area contributed by atoms with Crippen LogP contribution in [0.3, 0.4) is 0 Å². The van der Waals surface area contributed by atoms with E-state index in [0.29, 0.717) is 12.4 Å². The van der Waals surface area contributed by atoms with Gasteiger partial charge >= 0.3 is 0 Å². The Morgan fingerprint density at radius 1 is 1.32 bits per heavy atom. The molecule has 0 saturated carbocycles. The van der Waals surface area contributed by atoms with Crippen LogP contribution in [0.4, 0.5) is 0 Å². The summed E-state index contributed by atoms with van der Waals surface area (Å²) < 4.78 is 0. The van der Waals surface area contributed by atoms with Gasteiger partial charge in [-0.2, -0.15) is 5.10 Å². The van der Waals surface area contributed by atoms with E-state index in [-0.39, 0.29) is 12.1 Å². The first kappa shape index (κ1) is 12.1. The number of nitrogens with zero attached hydrogens (tertiary/aromatic N) is 4. The molecule has 0 amide bonds. The number of hydrazine groups is 1. The monoisotopic (exact) mass is 276 g/mol. The largest absolute Gasteiger partial charge is 0.311 e. The number of aliphatic imine (C=N–C) groups is 2. The predicted molar refractivity (Wildman–Crippen MR) is 76.0 cm³/mol. The van der Waals surface area contributed by atoms with Crippen molar-refractivity contribution in [1.29, 1.82) is 0 Å². The standard InChI is InChI=1S/C12H13ClN6/c13-9-3-1-8(2-4-9)6-19-12-10(5-17-19)11(18-14)15-7-16-12/h1-5,7,10,12H,6,14H2,(H,15,16,18)/t10-,12+/m1/s1. The van der Waals surface area contributed by atoms with Crippen molar-refractivity contribution >= 4 is 30.0 Å². The lowest BCUT2D eigenvalue weighted by Crippen LogP contribution is -2.45. The second kappa shape index (κ2) is 4.99. The van der Waals surface area contributed by atoms with E-state index < -0.39 is 0 Å². The summed E-state index contributed by atoms with van der Waals surface area (Å²) in [6, 6.07) is 7.70. The third-order valence-corrected chi connectivity index (χ3v) is 3.39. The SMILES string of the molecule is NNC1=NC=N[C@@H]2[C@@H]1C=NN2Cc1ccc(Cl)cc1. The van der Waals surface area contributed by atoms with Gasteiger partial charge in [0.05, 0.1) is 12.5 Å². The Hall–Kier alpha value is -1.92. The molecule has 0 bridgehead atoms. The van der Waals surface area contributed by atoms with Gasteiger partial charge in [0.1, 0.15) is 12.2 Å². The molecule has 2 heterocycles. The maximum Gasteiger partial charge on any atom is 0.154 e. The minimum atomic E-state index is -0.0840. The number of fused-ring (bicyclic) bond motifs is 1. The van der Waals surface area contributed by atoms with Gasteiger partial charge in [-0.3, -0.25) is 5.01 Å². The fraction of sp³-hybridized carbons (Fsp3) is 0.250. The van der Waals surface area contributed by atoms with Gasteiger partial charge in [0.2, 0.25) is 0 Å². The van der Waals surface area contributed by atoms with Gasteiger partial charge in [-0.15, -0.1) is 0 Å². The number of halogens is 1. The van der Waals surface area contributed by atoms with Crippen LogP contribution in [-0.2, 0) is 6.54 Å². The highest BCUT2D eigenvalue weighted by molar-refractivity contribution is 6.30. The average Bonchev–Trinajstić information content (AvgIpc) is 2.84. The van der Waals surface area contributed by atoms with Crippen molar-refractivity contribution in [2.75, 3.05) is 0 Å². The third-order valence-electron chi connectivity index (χ3n) is 3.14. The van der Waals surface area contributed by atoms with E-state index in [1.165, 1.54) is 6.34 Å². The van der Waals surface area contributed by atoms with Crippen molar-refractivity contribution in [1.82, 2.24) is 10.4 Å². The van der Waals surface area contributed by atoms with Crippen LogP contribution < -0.4 is 11.3 Å². The van der Waals surface area contributed by atoms with Crippen molar-refractivity contribution < 1.29 is 0 Å². The van der Waals surface area contributed by atoms with Crippen LogP contribution in [-0.4, -0.2) is 29.6 Å². The molecule has 98 valence electrons. The van der Waals surface area contributed by atoms with Gasteiger partial charge in [0, 0.05) is 11.2 Å². The van der Waals surface area contributed by atoms with E-state index in [1.807, 2.05) is 35.5 Å². The van der Waals surface area contributed by atoms with E-state index in [0.717, 1.165) is 10.6 Å². The van der Waals surface area contributed by atoms with Crippen molar-refractivity contribution in [2.45, 2.75) is 12.7 Å². The van der Waals surface area contributed by atoms with Crippen LogP contribution in [0.25, 0.3) is 0 Å². The zero-order chi connectivity index (χ0) is 13.2. The molecule has 0 saturated heterocycles. The molecule has 3 rings (SSSR count). The van der Waals surface area contributed by atoms with Crippen molar-refractivity contribution in [3.63, 3.8) is 0 Å². The Morgan fingerprint density at radius 2 is 2.11 bits per heavy atom. The van der Waals surface area contributed by atoms with E-state index >= 15 is 0 Å². The van der Waals surface area contributed by atoms with Gasteiger partial charge in [0.15, 0.2) is 6.17 Å². The Bertz CT molecular complexity index is 550. The smallest absolute Gasteiger partial charge is 0.154 e. The lowest BCUT2D eigenvalue weighted by atomic mass is 10.1. The lowest BCUT2D eigenvalue weighted by molar-refractivity contribution is 0.213. The van der Waals surface area contributed by atoms with Crippen LogP contribution >= 0.6 is 11.6 Å². The van der Waals surface area contributed by atoms with Gasteiger partial charge in [-0.1, -0.05) is 23.7 Å². The summed E-state index contributed by atoms with van der Waals surface area (Å²) in [5.74, 6) is 6.11. The first-order valence-corrected chi connectivity index (χ1v) is 6.27. The molecule has 7 heteroatoms. The summed E-state index contributed by atoms with van der Waals surface area (Å²) in [6.07, 6.45) is 3.24. The van der Waals surface area contributed by atoms with Crippen LogP contribution in [0.5, 0.6) is 0 Å². The zero-order valence-corrected chi connectivity index (χ0v) is 10.8. The number of nitrogens with one attached hydrogen (secondary N) is 1. The predicted octanol–water partition coefficient (Wildman–Crippen LogP) is 0.987. The van der Waals surface area contributed by atoms with Crippen LogP contribution in [0, 0.1) is 5.92 Å². The molecule has 1 aromatic carbocycles. The molecule has 1 aromatic rings. The van der Waals surface area contributed by atoms with Crippen LogP contribution in [0.15, 0.2) is 39.4 Å². The molecule has 0 fully saturated rings. The fourth-order valence-electron chi connectivity index (χ4n) is 2.16. The van der Waals surface area contributed by atoms with Gasteiger partial charge < -0.3 is 5.43 Å². The molecule has 6 nitrogen and oxygen atoms in total. The zero-order valence-electron chi connectivity index (χ0n) is 10.1. The van der Waals surface area contributed by atoms with Gasteiger partial charge in [-0.25, -0.2) is 15.8 Å². The second-order valence-corrected chi connectivity index (χ2v) is 4.79. The minimum absolute atomic E-state index is 0.0118. The van der Waals surface area contributed by atoms with Gasteiger partial charge in [-0.05, 0) is 17.7 Å². The molecule has 0 unspecified atom stereocenters. The molecule has 2 aliphatic heterocycles. The summed E-state index contributed by atoms with van der Waals surface area (Å²) in [5, 5.41) is 7.02. The number of benzene rings is 1. The molecule has 0 aliphatic carbocycles. The Kier molecular flexibility index (Phi) is 3.18. The van der Waals surface area contributed by atoms with Crippen molar-refractivity contribution in [3.05, 3.63) is 34.9 Å². The molecule has 0 radical (unpaired) electrons. The minimum Gasteiger partial charge on any atom is -0.311 e. The molecule has 3 N–H and O–H groups in total. The highest BCUT2D eigenvalue weighted by atomic mass is 35.5. The summed E-state index contributed by atoms with van der Waals surface area (Å²) in [6.45, 7) is 0.671. The molecular formula is C12H13ClN6. The van der Waals surface area contributed by atoms with E-state index in [4.69, 9.17) is 17.4 Å². The highest BCUT2D eigenvalue weighted by Crippen LogP contribution is 2.24. The number of amidine groups is 1. The topological polar surface area (TPSA) is 78.4 Å². The van der Waals surface area contributed by atoms with E-state index in [2.05, 4.69) is 20.5 Å². The highest BCUT2D eigenvalue weighted by Gasteiger charge is 2.35. The fourth-order valence-corrected chi connectivity index (χ4v) is 2.29. The number of rotatable bonds is 2. The maximum absolute atomic E-state index is 5.87. The normalized spacial score (nSPS) is 24.3. The summed E-state index contributed by atoms with van der Waals surface area (Å²) in [7, 11) is 0. The summed E-state index contributed by atoms with van der Waals surface area (Å²) in [4.78, 5) is 8.45. The van der Waals surface area contributed by atoms with Crippen molar-refractivity contribution in [3.8, 4) is 0 Å². The maximum atomic E-state index is 5.87. The number of hydrogen-bond donors (Lipinski definition) is 2. The van der Waals surface area contributed by atoms with Crippen LogP contribution in [0.1, 0.15) is 5.56 Å². The summed E-state index contributed by atoms with van der Waals surface area (Å²) >= 11 is 5.87. The molecule has 0 spiro atoms. The molecular weight excluding hydrogens is 264 g/mol. The molecule has 19 heavy (non-hydrogen) atoms. The first-order valence-electron chi connectivity index (χ1n) is 5.89. The van der Waals surface area contributed by atoms with Crippen molar-refractivity contribution in [2.24, 2.45) is 26.8 Å². The quantitative estimate of drug-likeness (QED) is 0.624. The third kappa shape index (κ3) is 2.32. The molecule has 2 atom stereocenters. The van der Waals surface area contributed by atoms with Crippen LogP contribution in [0.2, 0.25) is 5.02 Å². The van der Waals surface area contributed by atoms with E-state index in [9.17, 15) is 0 Å². The Morgan fingerprint density at radius 3 is 2.84 bits per heavy atom. The average molecular weight is 277 g/mol. The Balaban J connectivity index is 1.75. The number of nitrogens with two attached hydrogens (primary N) is 1. The first-order chi connectivity index (χ1) is 9.28.